The van der Waals surface area contributed by atoms with Crippen LogP contribution in [0.15, 0.2) is 11.5 Å². The van der Waals surface area contributed by atoms with E-state index in [0.717, 1.165) is 0 Å². The first-order valence-electron chi connectivity index (χ1n) is 6.93. The Balaban J connectivity index is 5.35. The average molecular weight is 335 g/mol. The van der Waals surface area contributed by atoms with Crippen molar-refractivity contribution in [2.24, 2.45) is 0 Å². The lowest BCUT2D eigenvalue weighted by Crippen LogP contribution is -2.34. The van der Waals surface area contributed by atoms with Crippen molar-refractivity contribution in [3.63, 3.8) is 0 Å². The van der Waals surface area contributed by atoms with E-state index in [1.807, 2.05) is 19.6 Å². The molecule has 0 bridgehead atoms. The van der Waals surface area contributed by atoms with Crippen molar-refractivity contribution < 1.29 is 18.1 Å². The third-order valence-electron chi connectivity index (χ3n) is 1.81. The van der Waals surface area contributed by atoms with Crippen molar-refractivity contribution >= 4 is 30.9 Å². The topological polar surface area (TPSA) is 44.8 Å². The maximum absolute atomic E-state index is 12.2. The Labute approximate surface area is 126 Å². The van der Waals surface area contributed by atoms with Gasteiger partial charge in [0.05, 0.1) is 0 Å². The predicted octanol–water partition coefficient (Wildman–Crippen LogP) is 4.30. The summed E-state index contributed by atoms with van der Waals surface area (Å²) in [6.07, 6.45) is 0. The molecule has 0 aliphatic rings. The van der Waals surface area contributed by atoms with Crippen molar-refractivity contribution in [3.05, 3.63) is 11.5 Å². The molecular formula is C13H30O4Si3. The van der Waals surface area contributed by atoms with Gasteiger partial charge in [-0.25, -0.2) is 4.79 Å². The van der Waals surface area contributed by atoms with E-state index in [0.29, 0.717) is 11.5 Å². The summed E-state index contributed by atoms with van der Waals surface area (Å²) in [5.41, 5.74) is 0.442. The fourth-order valence-electron chi connectivity index (χ4n) is 1.17. The van der Waals surface area contributed by atoms with Gasteiger partial charge in [-0.1, -0.05) is 0 Å². The van der Waals surface area contributed by atoms with E-state index in [1.165, 1.54) is 0 Å². The van der Waals surface area contributed by atoms with E-state index in [2.05, 4.69) is 39.3 Å². The van der Waals surface area contributed by atoms with Crippen LogP contribution in [-0.2, 0) is 18.1 Å². The molecule has 0 amide bonds. The number of hydrogen-bond donors (Lipinski definition) is 0. The molecule has 118 valence electrons. The molecule has 0 rings (SSSR count). The zero-order chi connectivity index (χ0) is 16.4. The number of carbonyl (C=O) groups excluding carboxylic acids is 1. The molecule has 0 saturated heterocycles. The fraction of sp³-hybridized carbons (Fsp3) is 0.769. The van der Waals surface area contributed by atoms with Gasteiger partial charge in [-0.15, -0.1) is 0 Å². The van der Waals surface area contributed by atoms with E-state index < -0.39 is 25.0 Å². The van der Waals surface area contributed by atoms with Crippen LogP contribution in [-0.4, -0.2) is 30.9 Å². The maximum atomic E-state index is 12.2. The molecule has 7 heteroatoms. The van der Waals surface area contributed by atoms with Crippen molar-refractivity contribution in [2.45, 2.75) is 65.8 Å². The Hall–Kier alpha value is -0.539. The third-order valence-corrected chi connectivity index (χ3v) is 4.20. The van der Waals surface area contributed by atoms with Crippen molar-refractivity contribution in [2.75, 3.05) is 0 Å². The van der Waals surface area contributed by atoms with Gasteiger partial charge in [0.15, 0.2) is 0 Å². The second-order valence-corrected chi connectivity index (χ2v) is 21.1. The van der Waals surface area contributed by atoms with E-state index >= 15 is 0 Å². The number of hydrogen-bond acceptors (Lipinski definition) is 4. The molecule has 0 spiro atoms. The monoisotopic (exact) mass is 334 g/mol. The molecule has 0 saturated carbocycles. The van der Waals surface area contributed by atoms with E-state index in [1.54, 1.807) is 6.92 Å². The molecule has 20 heavy (non-hydrogen) atoms. The second-order valence-electron chi connectivity index (χ2n) is 7.84. The molecule has 0 aromatic rings. The highest BCUT2D eigenvalue weighted by Gasteiger charge is 2.29. The summed E-state index contributed by atoms with van der Waals surface area (Å²) in [7, 11) is -5.61. The SMILES string of the molecule is CC(C(=O)O[Si](C)(C)C)=C(O[Si](C)(C)C)O[Si](C)(C)C. The van der Waals surface area contributed by atoms with Crippen molar-refractivity contribution in [1.82, 2.24) is 0 Å². The summed E-state index contributed by atoms with van der Waals surface area (Å²) in [5, 5.41) is 0. The Morgan fingerprint density at radius 3 is 1.20 bits per heavy atom. The first-order chi connectivity index (χ1) is 8.61. The summed E-state index contributed by atoms with van der Waals surface area (Å²) in [6.45, 7) is 20.1. The van der Waals surface area contributed by atoms with Gasteiger partial charge >= 0.3 is 5.97 Å². The van der Waals surface area contributed by atoms with E-state index in [9.17, 15) is 4.79 Å². The van der Waals surface area contributed by atoms with Gasteiger partial charge in [0, 0.05) is 0 Å². The van der Waals surface area contributed by atoms with Gasteiger partial charge in [-0.05, 0) is 65.8 Å². The van der Waals surface area contributed by atoms with E-state index in [4.69, 9.17) is 13.3 Å². The van der Waals surface area contributed by atoms with Crippen molar-refractivity contribution in [1.29, 1.82) is 0 Å². The lowest BCUT2D eigenvalue weighted by Gasteiger charge is -2.29. The van der Waals surface area contributed by atoms with Crippen LogP contribution in [0.2, 0.25) is 58.9 Å². The molecule has 0 heterocycles. The standard InChI is InChI=1S/C13H30O4Si3/c1-11(12(14)15-18(2,3)4)13(16-19(5,6)7)17-20(8,9)10/h1-10H3. The van der Waals surface area contributed by atoms with Gasteiger partial charge in [-0.3, -0.25) is 0 Å². The van der Waals surface area contributed by atoms with E-state index in [-0.39, 0.29) is 5.97 Å². The predicted molar refractivity (Wildman–Crippen MR) is 91.0 cm³/mol. The summed E-state index contributed by atoms with van der Waals surface area (Å²) in [6, 6.07) is 0. The number of rotatable bonds is 6. The summed E-state index contributed by atoms with van der Waals surface area (Å²) in [4.78, 5) is 12.2. The molecule has 0 fully saturated rings. The van der Waals surface area contributed by atoms with Gasteiger partial charge in [-0.2, -0.15) is 0 Å². The lowest BCUT2D eigenvalue weighted by atomic mass is 10.3. The molecule has 0 aliphatic carbocycles. The van der Waals surface area contributed by atoms with Crippen LogP contribution in [0.25, 0.3) is 0 Å². The molecular weight excluding hydrogens is 304 g/mol. The zero-order valence-corrected chi connectivity index (χ0v) is 17.6. The molecule has 0 unspecified atom stereocenters. The maximum Gasteiger partial charge on any atom is 0.327 e. The zero-order valence-electron chi connectivity index (χ0n) is 14.6. The van der Waals surface area contributed by atoms with Crippen LogP contribution in [0.3, 0.4) is 0 Å². The minimum absolute atomic E-state index is 0.323. The molecule has 0 N–H and O–H groups in total. The van der Waals surface area contributed by atoms with Gasteiger partial charge in [0.25, 0.3) is 5.95 Å². The molecule has 4 nitrogen and oxygen atoms in total. The van der Waals surface area contributed by atoms with Crippen molar-refractivity contribution in [3.8, 4) is 0 Å². The highest BCUT2D eigenvalue weighted by molar-refractivity contribution is 6.72. The summed E-state index contributed by atoms with van der Waals surface area (Å²) >= 11 is 0. The smallest absolute Gasteiger partial charge is 0.327 e. The Morgan fingerprint density at radius 2 is 0.950 bits per heavy atom. The summed E-state index contributed by atoms with van der Waals surface area (Å²) < 4.78 is 17.4. The van der Waals surface area contributed by atoms with Crippen LogP contribution in [0.1, 0.15) is 6.92 Å². The third kappa shape index (κ3) is 9.38. The van der Waals surface area contributed by atoms with Crippen LogP contribution >= 0.6 is 0 Å². The molecule has 0 aromatic heterocycles. The molecule has 0 radical (unpaired) electrons. The van der Waals surface area contributed by atoms with Gasteiger partial charge in [0.2, 0.25) is 25.0 Å². The van der Waals surface area contributed by atoms with Crippen LogP contribution < -0.4 is 0 Å². The van der Waals surface area contributed by atoms with Crippen LogP contribution in [0.5, 0.6) is 0 Å². The number of carbonyl (C=O) groups is 1. The second kappa shape index (κ2) is 6.48. The Morgan fingerprint density at radius 1 is 0.650 bits per heavy atom. The normalized spacial score (nSPS) is 12.7. The van der Waals surface area contributed by atoms with Gasteiger partial charge in [0.1, 0.15) is 5.57 Å². The molecule has 0 atom stereocenters. The Kier molecular flexibility index (Phi) is 6.31. The first kappa shape index (κ1) is 19.5. The average Bonchev–Trinajstić information content (AvgIpc) is 2.07. The first-order valence-corrected chi connectivity index (χ1v) is 17.2. The lowest BCUT2D eigenvalue weighted by molar-refractivity contribution is -0.131. The largest absolute Gasteiger partial charge is 0.520 e. The molecule has 0 aliphatic heterocycles. The fourth-order valence-corrected chi connectivity index (χ4v) is 3.46. The highest BCUT2D eigenvalue weighted by Crippen LogP contribution is 2.21. The molecule has 0 aromatic carbocycles. The Bertz CT molecular complexity index is 366. The van der Waals surface area contributed by atoms with Gasteiger partial charge < -0.3 is 13.3 Å². The quantitative estimate of drug-likeness (QED) is 0.413. The minimum Gasteiger partial charge on any atom is -0.520 e. The minimum atomic E-state index is -1.92. The summed E-state index contributed by atoms with van der Waals surface area (Å²) in [5.74, 6) is 0.0438. The highest BCUT2D eigenvalue weighted by atomic mass is 28.4. The van der Waals surface area contributed by atoms with Crippen LogP contribution in [0.4, 0.5) is 0 Å². The van der Waals surface area contributed by atoms with Crippen LogP contribution in [0, 0.1) is 0 Å².